The van der Waals surface area contributed by atoms with Crippen LogP contribution in [0.4, 0.5) is 16.3 Å². The lowest BCUT2D eigenvalue weighted by Gasteiger charge is -2.36. The molecule has 2 unspecified atom stereocenters. The summed E-state index contributed by atoms with van der Waals surface area (Å²) in [5.41, 5.74) is 7.58. The fourth-order valence-corrected chi connectivity index (χ4v) is 4.89. The monoisotopic (exact) mass is 520 g/mol. The number of nitrogens with two attached hydrogens (primary N) is 1. The molecule has 1 aromatic heterocycles. The maximum atomic E-state index is 13.0. The van der Waals surface area contributed by atoms with Crippen LogP contribution in [0, 0.1) is 5.92 Å². The highest BCUT2D eigenvalue weighted by Gasteiger charge is 2.27. The van der Waals surface area contributed by atoms with Crippen molar-refractivity contribution in [1.29, 1.82) is 0 Å². The summed E-state index contributed by atoms with van der Waals surface area (Å²) in [5.74, 6) is 1.71. The average Bonchev–Trinajstić information content (AvgIpc) is 2.96. The lowest BCUT2D eigenvalue weighted by atomic mass is 9.88. The number of benzene rings is 1. The molecule has 1 saturated heterocycles. The number of nitrogens with one attached hydrogen (secondary N) is 1. The van der Waals surface area contributed by atoms with Gasteiger partial charge in [-0.15, -0.1) is 0 Å². The van der Waals surface area contributed by atoms with E-state index in [-0.39, 0.29) is 18.1 Å². The Morgan fingerprint density at radius 3 is 2.61 bits per heavy atom. The van der Waals surface area contributed by atoms with Gasteiger partial charge in [0.1, 0.15) is 12.8 Å². The van der Waals surface area contributed by atoms with Crippen LogP contribution in [-0.2, 0) is 5.60 Å². The van der Waals surface area contributed by atoms with Gasteiger partial charge in [0, 0.05) is 44.0 Å². The van der Waals surface area contributed by atoms with Crippen molar-refractivity contribution in [2.45, 2.75) is 51.8 Å². The Bertz CT molecular complexity index is 1150. The molecule has 0 aliphatic carbocycles. The Labute approximate surface area is 225 Å². The van der Waals surface area contributed by atoms with Gasteiger partial charge in [0.05, 0.1) is 11.3 Å². The van der Waals surface area contributed by atoms with Crippen molar-refractivity contribution in [3.8, 4) is 5.75 Å². The number of rotatable bonds is 9. The number of urea groups is 1. The van der Waals surface area contributed by atoms with Gasteiger partial charge in [-0.1, -0.05) is 39.0 Å². The van der Waals surface area contributed by atoms with Gasteiger partial charge in [0.25, 0.3) is 0 Å². The molecule has 1 aromatic carbocycles. The summed E-state index contributed by atoms with van der Waals surface area (Å²) in [4.78, 5) is 26.1. The third-order valence-corrected chi connectivity index (χ3v) is 7.57. The van der Waals surface area contributed by atoms with E-state index in [2.05, 4.69) is 33.2 Å². The van der Waals surface area contributed by atoms with Gasteiger partial charge in [-0.2, -0.15) is 0 Å². The number of pyridine rings is 1. The van der Waals surface area contributed by atoms with E-state index in [0.29, 0.717) is 57.1 Å². The SMILES string of the molecule is CCC1C=CC(COc2cccnc2N2CCN(C(=O)Nc3cccc(C(O)(CC)CC)c3)CC2)=NC1N. The van der Waals surface area contributed by atoms with E-state index in [9.17, 15) is 9.90 Å². The number of hydrogen-bond donors (Lipinski definition) is 3. The molecular weight excluding hydrogens is 480 g/mol. The van der Waals surface area contributed by atoms with Gasteiger partial charge in [-0.05, 0) is 55.2 Å². The number of carbonyl (C=O) groups excluding carboxylic acids is 1. The first-order valence-electron chi connectivity index (χ1n) is 13.6. The maximum absolute atomic E-state index is 13.0. The second kappa shape index (κ2) is 12.4. The van der Waals surface area contributed by atoms with Gasteiger partial charge >= 0.3 is 6.03 Å². The molecule has 9 heteroatoms. The molecule has 0 radical (unpaired) electrons. The minimum absolute atomic E-state index is 0.153. The Morgan fingerprint density at radius 1 is 1.16 bits per heavy atom. The number of hydrogen-bond acceptors (Lipinski definition) is 7. The molecule has 0 bridgehead atoms. The minimum atomic E-state index is -0.890. The van der Waals surface area contributed by atoms with Crippen molar-refractivity contribution in [3.63, 3.8) is 0 Å². The van der Waals surface area contributed by atoms with Crippen molar-refractivity contribution in [3.05, 3.63) is 60.3 Å². The van der Waals surface area contributed by atoms with Crippen molar-refractivity contribution in [2.24, 2.45) is 16.6 Å². The highest BCUT2D eigenvalue weighted by molar-refractivity contribution is 5.97. The Hall–Kier alpha value is -3.43. The average molecular weight is 521 g/mol. The summed E-state index contributed by atoms with van der Waals surface area (Å²) in [7, 11) is 0. The van der Waals surface area contributed by atoms with Gasteiger partial charge < -0.3 is 30.7 Å². The summed E-state index contributed by atoms with van der Waals surface area (Å²) in [6.45, 7) is 8.73. The number of aromatic nitrogens is 1. The third-order valence-electron chi connectivity index (χ3n) is 7.57. The van der Waals surface area contributed by atoms with E-state index in [0.717, 1.165) is 23.5 Å². The van der Waals surface area contributed by atoms with Crippen LogP contribution in [0.1, 0.15) is 45.6 Å². The first-order valence-corrected chi connectivity index (χ1v) is 13.6. The molecular formula is C29H40N6O3. The zero-order chi connectivity index (χ0) is 27.1. The summed E-state index contributed by atoms with van der Waals surface area (Å²) in [6.07, 6.45) is 7.80. The predicted molar refractivity (Wildman–Crippen MR) is 152 cm³/mol. The van der Waals surface area contributed by atoms with Crippen molar-refractivity contribution in [2.75, 3.05) is 43.0 Å². The number of anilines is 2. The van der Waals surface area contributed by atoms with Crippen molar-refractivity contribution in [1.82, 2.24) is 9.88 Å². The zero-order valence-corrected chi connectivity index (χ0v) is 22.6. The van der Waals surface area contributed by atoms with Crippen LogP contribution in [0.3, 0.4) is 0 Å². The van der Waals surface area contributed by atoms with Crippen LogP contribution in [0.15, 0.2) is 59.7 Å². The smallest absolute Gasteiger partial charge is 0.321 e. The Morgan fingerprint density at radius 2 is 1.92 bits per heavy atom. The summed E-state index contributed by atoms with van der Waals surface area (Å²) in [6, 6.07) is 11.1. The van der Waals surface area contributed by atoms with Gasteiger partial charge in [-0.25, -0.2) is 9.78 Å². The lowest BCUT2D eigenvalue weighted by molar-refractivity contribution is 0.0284. The molecule has 4 N–H and O–H groups in total. The molecule has 2 aromatic rings. The number of carbonyl (C=O) groups is 1. The second-order valence-electron chi connectivity index (χ2n) is 9.88. The molecule has 4 rings (SSSR count). The summed E-state index contributed by atoms with van der Waals surface area (Å²) in [5, 5.41) is 13.8. The lowest BCUT2D eigenvalue weighted by Crippen LogP contribution is -2.50. The largest absolute Gasteiger partial charge is 0.483 e. The Kier molecular flexibility index (Phi) is 9.01. The highest BCUT2D eigenvalue weighted by atomic mass is 16.5. The normalized spacial score (nSPS) is 19.8. The molecule has 2 amide bonds. The van der Waals surface area contributed by atoms with Crippen LogP contribution < -0.4 is 20.7 Å². The van der Waals surface area contributed by atoms with E-state index in [1.54, 1.807) is 11.1 Å². The number of ether oxygens (including phenoxy) is 1. The summed E-state index contributed by atoms with van der Waals surface area (Å²) >= 11 is 0. The van der Waals surface area contributed by atoms with Crippen LogP contribution in [0.5, 0.6) is 5.75 Å². The maximum Gasteiger partial charge on any atom is 0.321 e. The number of dihydropyridines is 1. The minimum Gasteiger partial charge on any atom is -0.483 e. The molecule has 2 atom stereocenters. The number of piperazine rings is 1. The fourth-order valence-electron chi connectivity index (χ4n) is 4.89. The molecule has 1 fully saturated rings. The summed E-state index contributed by atoms with van der Waals surface area (Å²) < 4.78 is 6.10. The van der Waals surface area contributed by atoms with Crippen LogP contribution in [-0.4, -0.2) is 65.7 Å². The molecule has 204 valence electrons. The van der Waals surface area contributed by atoms with Crippen LogP contribution >= 0.6 is 0 Å². The molecule has 0 saturated carbocycles. The number of amides is 2. The van der Waals surface area contributed by atoms with Gasteiger partial charge in [0.2, 0.25) is 0 Å². The van der Waals surface area contributed by atoms with E-state index in [1.165, 1.54) is 0 Å². The molecule has 2 aliphatic heterocycles. The quantitative estimate of drug-likeness (QED) is 0.458. The van der Waals surface area contributed by atoms with Crippen molar-refractivity contribution < 1.29 is 14.6 Å². The van der Waals surface area contributed by atoms with E-state index in [1.807, 2.05) is 56.3 Å². The van der Waals surface area contributed by atoms with Gasteiger partial charge in [0.15, 0.2) is 11.6 Å². The van der Waals surface area contributed by atoms with Crippen LogP contribution in [0.25, 0.3) is 0 Å². The first kappa shape index (κ1) is 27.6. The standard InChI is InChI=1S/C29H40N6O3/c1-4-21-12-13-24(32-26(21)30)20-38-25-11-8-14-31-27(25)34-15-17-35(18-16-34)28(36)33-23-10-7-9-22(19-23)29(37,5-2)6-3/h7-14,19,21,26,37H,4-6,15-18,20,30H2,1-3H3,(H,33,36). The zero-order valence-electron chi connectivity index (χ0n) is 22.6. The number of aliphatic imine (C=N–C) groups is 1. The second-order valence-corrected chi connectivity index (χ2v) is 9.88. The third kappa shape index (κ3) is 6.34. The van der Waals surface area contributed by atoms with Crippen molar-refractivity contribution >= 4 is 23.2 Å². The molecule has 9 nitrogen and oxygen atoms in total. The van der Waals surface area contributed by atoms with E-state index in [4.69, 9.17) is 10.5 Å². The molecule has 2 aliphatic rings. The topological polar surface area (TPSA) is 116 Å². The number of nitrogens with zero attached hydrogens (tertiary/aromatic N) is 4. The molecule has 0 spiro atoms. The highest BCUT2D eigenvalue weighted by Crippen LogP contribution is 2.30. The predicted octanol–water partition coefficient (Wildman–Crippen LogP) is 4.14. The Balaban J connectivity index is 1.34. The fraction of sp³-hybridized carbons (Fsp3) is 0.483. The number of aliphatic hydroxyl groups is 1. The van der Waals surface area contributed by atoms with Crippen LogP contribution in [0.2, 0.25) is 0 Å². The van der Waals surface area contributed by atoms with E-state index < -0.39 is 5.60 Å². The van der Waals surface area contributed by atoms with E-state index >= 15 is 0 Å². The molecule has 38 heavy (non-hydrogen) atoms. The van der Waals surface area contributed by atoms with Gasteiger partial charge in [-0.3, -0.25) is 4.99 Å². The first-order chi connectivity index (χ1) is 18.4. The molecule has 3 heterocycles.